The van der Waals surface area contributed by atoms with E-state index in [0.29, 0.717) is 6.42 Å². The van der Waals surface area contributed by atoms with Crippen molar-refractivity contribution in [3.63, 3.8) is 0 Å². The van der Waals surface area contributed by atoms with Gasteiger partial charge in [-0.3, -0.25) is 14.9 Å². The van der Waals surface area contributed by atoms with Gasteiger partial charge in [-0.15, -0.1) is 0 Å². The van der Waals surface area contributed by atoms with Crippen molar-refractivity contribution in [2.75, 3.05) is 26.0 Å². The number of carbonyl (C=O) groups excluding carboxylic acids is 1. The van der Waals surface area contributed by atoms with Gasteiger partial charge < -0.3 is 10.6 Å². The molecular formula is C20H26N4O5S. The molecule has 0 aromatic heterocycles. The first-order chi connectivity index (χ1) is 14.1. The van der Waals surface area contributed by atoms with Gasteiger partial charge in [0.15, 0.2) is 0 Å². The van der Waals surface area contributed by atoms with E-state index in [4.69, 9.17) is 0 Å². The maximum Gasteiger partial charge on any atom is 0.293 e. The van der Waals surface area contributed by atoms with Crippen LogP contribution in [-0.4, -0.2) is 50.2 Å². The van der Waals surface area contributed by atoms with Gasteiger partial charge in [0.2, 0.25) is 15.9 Å². The lowest BCUT2D eigenvalue weighted by atomic mass is 10.1. The first-order valence-corrected chi connectivity index (χ1v) is 10.8. The summed E-state index contributed by atoms with van der Waals surface area (Å²) in [4.78, 5) is 22.6. The summed E-state index contributed by atoms with van der Waals surface area (Å²) >= 11 is 0. The van der Waals surface area contributed by atoms with Crippen LogP contribution in [0.4, 0.5) is 11.4 Å². The van der Waals surface area contributed by atoms with Crippen molar-refractivity contribution in [1.82, 2.24) is 9.62 Å². The monoisotopic (exact) mass is 434 g/mol. The lowest BCUT2D eigenvalue weighted by Crippen LogP contribution is -2.41. The third-order valence-electron chi connectivity index (χ3n) is 4.63. The molecule has 9 nitrogen and oxygen atoms in total. The molecule has 0 spiro atoms. The maximum atomic E-state index is 12.7. The first kappa shape index (κ1) is 23.3. The molecule has 0 unspecified atom stereocenters. The first-order valence-electron chi connectivity index (χ1n) is 9.41. The molecule has 1 atom stereocenters. The van der Waals surface area contributed by atoms with Gasteiger partial charge in [-0.2, -0.15) is 4.31 Å². The van der Waals surface area contributed by atoms with E-state index in [-0.39, 0.29) is 28.9 Å². The molecule has 1 amide bonds. The molecule has 10 heteroatoms. The van der Waals surface area contributed by atoms with Crippen LogP contribution >= 0.6 is 0 Å². The van der Waals surface area contributed by atoms with Crippen LogP contribution in [0.3, 0.4) is 0 Å². The number of hydrogen-bond donors (Lipinski definition) is 2. The lowest BCUT2D eigenvalue weighted by Gasteiger charge is -2.19. The van der Waals surface area contributed by atoms with Crippen molar-refractivity contribution in [3.8, 4) is 0 Å². The van der Waals surface area contributed by atoms with E-state index >= 15 is 0 Å². The number of nitro benzene ring substituents is 1. The molecule has 30 heavy (non-hydrogen) atoms. The number of likely N-dealkylation sites (N-methyl/N-ethyl adjacent to an activating group) is 1. The summed E-state index contributed by atoms with van der Waals surface area (Å²) in [6.07, 6.45) is 1.50. The van der Waals surface area contributed by atoms with Crippen LogP contribution in [0, 0.1) is 10.1 Å². The molecule has 0 fully saturated rings. The van der Waals surface area contributed by atoms with Gasteiger partial charge in [-0.05, 0) is 37.5 Å². The molecule has 0 aliphatic heterocycles. The van der Waals surface area contributed by atoms with Gasteiger partial charge in [0.25, 0.3) is 5.69 Å². The Bertz CT molecular complexity index is 996. The molecule has 162 valence electrons. The Kier molecular flexibility index (Phi) is 7.90. The van der Waals surface area contributed by atoms with Crippen LogP contribution in [0.25, 0.3) is 0 Å². The molecular weight excluding hydrogens is 408 g/mol. The third-order valence-corrected chi connectivity index (χ3v) is 6.43. The van der Waals surface area contributed by atoms with E-state index in [2.05, 4.69) is 10.6 Å². The highest BCUT2D eigenvalue weighted by molar-refractivity contribution is 7.89. The Morgan fingerprint density at radius 3 is 2.47 bits per heavy atom. The van der Waals surface area contributed by atoms with Gasteiger partial charge in [0.05, 0.1) is 16.4 Å². The van der Waals surface area contributed by atoms with Crippen molar-refractivity contribution in [2.24, 2.45) is 0 Å². The fraction of sp³-hybridized carbons (Fsp3) is 0.350. The standard InChI is InChI=1S/C20H26N4O5S/c1-15(9-10-16-7-5-4-6-8-16)22-20(25)14-23(3)30(28,29)17-11-12-18(21-2)19(13-17)24(26)27/h4-8,11-13,15,21H,9-10,14H2,1-3H3,(H,22,25)/t15-/m0/s1. The third kappa shape index (κ3) is 6.01. The Morgan fingerprint density at radius 2 is 1.87 bits per heavy atom. The van der Waals surface area contributed by atoms with Gasteiger partial charge >= 0.3 is 0 Å². The van der Waals surface area contributed by atoms with Crippen molar-refractivity contribution in [1.29, 1.82) is 0 Å². The maximum absolute atomic E-state index is 12.7. The summed E-state index contributed by atoms with van der Waals surface area (Å²) in [6.45, 7) is 1.47. The molecule has 2 N–H and O–H groups in total. The number of nitro groups is 1. The topological polar surface area (TPSA) is 122 Å². The largest absolute Gasteiger partial charge is 0.383 e. The average molecular weight is 435 g/mol. The van der Waals surface area contributed by atoms with E-state index in [1.165, 1.54) is 26.2 Å². The van der Waals surface area contributed by atoms with Crippen LogP contribution in [0.5, 0.6) is 0 Å². The molecule has 0 saturated carbocycles. The van der Waals surface area contributed by atoms with E-state index in [1.807, 2.05) is 37.3 Å². The summed E-state index contributed by atoms with van der Waals surface area (Å²) in [5.41, 5.74) is 1.00. The SMILES string of the molecule is CNc1ccc(S(=O)(=O)N(C)CC(=O)N[C@@H](C)CCc2ccccc2)cc1[N+](=O)[O-]. The summed E-state index contributed by atoms with van der Waals surface area (Å²) < 4.78 is 26.4. The number of amides is 1. The van der Waals surface area contributed by atoms with Crippen molar-refractivity contribution in [2.45, 2.75) is 30.7 Å². The number of aryl methyl sites for hydroxylation is 1. The van der Waals surface area contributed by atoms with E-state index in [9.17, 15) is 23.3 Å². The minimum Gasteiger partial charge on any atom is -0.383 e. The second-order valence-electron chi connectivity index (χ2n) is 6.94. The number of nitrogens with zero attached hydrogens (tertiary/aromatic N) is 2. The molecule has 0 heterocycles. The van der Waals surface area contributed by atoms with Crippen LogP contribution in [-0.2, 0) is 21.2 Å². The predicted molar refractivity (Wildman–Crippen MR) is 115 cm³/mol. The van der Waals surface area contributed by atoms with Crippen molar-refractivity contribution in [3.05, 3.63) is 64.2 Å². The summed E-state index contributed by atoms with van der Waals surface area (Å²) in [6, 6.07) is 13.3. The molecule has 0 aliphatic carbocycles. The molecule has 0 aliphatic rings. The molecule has 0 saturated heterocycles. The quantitative estimate of drug-likeness (QED) is 0.437. The van der Waals surface area contributed by atoms with E-state index < -0.39 is 20.9 Å². The fourth-order valence-electron chi connectivity index (χ4n) is 2.92. The Hall–Kier alpha value is -2.98. The van der Waals surface area contributed by atoms with Gasteiger partial charge in [0.1, 0.15) is 5.69 Å². The van der Waals surface area contributed by atoms with E-state index in [0.717, 1.165) is 22.4 Å². The van der Waals surface area contributed by atoms with Crippen molar-refractivity contribution < 1.29 is 18.1 Å². The Labute approximate surface area is 176 Å². The van der Waals surface area contributed by atoms with Gasteiger partial charge in [0, 0.05) is 26.2 Å². The molecule has 0 radical (unpaired) electrons. The minimum atomic E-state index is -4.07. The molecule has 0 bridgehead atoms. The zero-order valence-electron chi connectivity index (χ0n) is 17.2. The van der Waals surface area contributed by atoms with Crippen LogP contribution in [0.2, 0.25) is 0 Å². The highest BCUT2D eigenvalue weighted by atomic mass is 32.2. The second-order valence-corrected chi connectivity index (χ2v) is 8.98. The van der Waals surface area contributed by atoms with E-state index in [1.54, 1.807) is 0 Å². The van der Waals surface area contributed by atoms with Gasteiger partial charge in [-0.25, -0.2) is 8.42 Å². The zero-order chi connectivity index (χ0) is 22.3. The second kappa shape index (κ2) is 10.2. The number of carbonyl (C=O) groups is 1. The number of sulfonamides is 1. The highest BCUT2D eigenvalue weighted by Crippen LogP contribution is 2.28. The fourth-order valence-corrected chi connectivity index (χ4v) is 4.07. The normalized spacial score (nSPS) is 12.4. The zero-order valence-corrected chi connectivity index (χ0v) is 18.0. The number of anilines is 1. The average Bonchev–Trinajstić information content (AvgIpc) is 2.72. The smallest absolute Gasteiger partial charge is 0.293 e. The lowest BCUT2D eigenvalue weighted by molar-refractivity contribution is -0.384. The minimum absolute atomic E-state index is 0.134. The molecule has 2 aromatic rings. The number of nitrogens with one attached hydrogen (secondary N) is 2. The molecule has 2 rings (SSSR count). The van der Waals surface area contributed by atoms with Crippen LogP contribution < -0.4 is 10.6 Å². The van der Waals surface area contributed by atoms with Crippen molar-refractivity contribution >= 4 is 27.3 Å². The highest BCUT2D eigenvalue weighted by Gasteiger charge is 2.26. The number of benzene rings is 2. The summed E-state index contributed by atoms with van der Waals surface area (Å²) in [5.74, 6) is -0.442. The summed E-state index contributed by atoms with van der Waals surface area (Å²) in [5, 5.41) is 16.6. The number of rotatable bonds is 10. The molecule has 2 aromatic carbocycles. The summed E-state index contributed by atoms with van der Waals surface area (Å²) in [7, 11) is -1.29. The van der Waals surface area contributed by atoms with Crippen LogP contribution in [0.1, 0.15) is 18.9 Å². The number of hydrogen-bond acceptors (Lipinski definition) is 6. The van der Waals surface area contributed by atoms with Gasteiger partial charge in [-0.1, -0.05) is 30.3 Å². The predicted octanol–water partition coefficient (Wildman–Crippen LogP) is 2.39. The Morgan fingerprint density at radius 1 is 1.20 bits per heavy atom. The van der Waals surface area contributed by atoms with Crippen LogP contribution in [0.15, 0.2) is 53.4 Å². The Balaban J connectivity index is 2.00.